The number of halogens is 3. The largest absolute Gasteiger partial charge is 0.489 e. The summed E-state index contributed by atoms with van der Waals surface area (Å²) in [5.41, 5.74) is 11.5. The maximum Gasteiger partial charge on any atom is 0.162 e. The number of carbonyl (C=O) groups is 1. The highest BCUT2D eigenvalue weighted by atomic mass is 79.9. The number of nitrogens with two attached hydrogens (primary N) is 1. The SMILES string of the molecule is Cc1cc(COc2ccc(Cl)cc2)c(C)c(C2C(C#N)=C(N)N(c3ccc(Br)cc3F)C3=C2C(=O)CC(C)(C)C3)c1. The number of Topliss-reactive ketones (excluding diaryl/α,β-unsaturated/α-hetero) is 1. The molecule has 3 aromatic carbocycles. The Kier molecular flexibility index (Phi) is 7.76. The number of anilines is 1. The van der Waals surface area contributed by atoms with Crippen molar-refractivity contribution in [1.29, 1.82) is 5.26 Å². The number of nitrogens with zero attached hydrogens (tertiary/aromatic N) is 2. The van der Waals surface area contributed by atoms with Crippen LogP contribution in [-0.2, 0) is 11.4 Å². The van der Waals surface area contributed by atoms with Crippen LogP contribution in [0.15, 0.2) is 81.7 Å². The fraction of sp³-hybridized carbons (Fsp3) is 0.273. The first-order valence-corrected chi connectivity index (χ1v) is 14.5. The molecule has 1 unspecified atom stereocenters. The van der Waals surface area contributed by atoms with Gasteiger partial charge in [-0.05, 0) is 84.8 Å². The molecule has 0 bridgehead atoms. The Morgan fingerprint density at radius 3 is 2.51 bits per heavy atom. The van der Waals surface area contributed by atoms with Crippen LogP contribution in [0.4, 0.5) is 10.1 Å². The molecule has 2 aliphatic rings. The summed E-state index contributed by atoms with van der Waals surface area (Å²) in [4.78, 5) is 15.5. The predicted molar refractivity (Wildman–Crippen MR) is 163 cm³/mol. The summed E-state index contributed by atoms with van der Waals surface area (Å²) in [7, 11) is 0. The van der Waals surface area contributed by atoms with Crippen LogP contribution < -0.4 is 15.4 Å². The maximum absolute atomic E-state index is 15.4. The zero-order chi connectivity index (χ0) is 29.6. The van der Waals surface area contributed by atoms with Crippen LogP contribution in [0.1, 0.15) is 54.9 Å². The number of ketones is 1. The molecule has 1 aliphatic carbocycles. The molecular formula is C33H30BrClFN3O2. The minimum Gasteiger partial charge on any atom is -0.489 e. The van der Waals surface area contributed by atoms with E-state index in [4.69, 9.17) is 22.1 Å². The standard InChI is InChI=1S/C33H30BrClFN3O2/c1-18-11-20(17-41-23-8-6-22(35)7-9-23)19(2)24(12-18)30-25(16-37)32(38)39(27-10-5-21(34)13-26(27)36)28-14-33(3,4)15-29(40)31(28)30/h5-13,30H,14-15,17,38H2,1-4H3. The lowest BCUT2D eigenvalue weighted by Crippen LogP contribution is -2.42. The van der Waals surface area contributed by atoms with E-state index in [0.717, 1.165) is 22.3 Å². The van der Waals surface area contributed by atoms with Gasteiger partial charge in [-0.15, -0.1) is 0 Å². The first-order valence-electron chi connectivity index (χ1n) is 13.3. The first kappa shape index (κ1) is 28.9. The number of nitriles is 1. The molecule has 0 radical (unpaired) electrons. The minimum atomic E-state index is -0.678. The molecule has 5 nitrogen and oxygen atoms in total. The van der Waals surface area contributed by atoms with Gasteiger partial charge in [0.15, 0.2) is 5.78 Å². The fourth-order valence-corrected chi connectivity index (χ4v) is 6.32. The van der Waals surface area contributed by atoms with E-state index >= 15 is 4.39 Å². The number of carbonyl (C=O) groups excluding carboxylic acids is 1. The molecule has 210 valence electrons. The van der Waals surface area contributed by atoms with E-state index in [1.165, 1.54) is 6.07 Å². The van der Waals surface area contributed by atoms with Gasteiger partial charge in [0, 0.05) is 27.2 Å². The number of ether oxygens (including phenoxy) is 1. The van der Waals surface area contributed by atoms with Gasteiger partial charge in [-0.3, -0.25) is 9.69 Å². The van der Waals surface area contributed by atoms with Crippen LogP contribution >= 0.6 is 27.5 Å². The number of hydrogen-bond acceptors (Lipinski definition) is 5. The van der Waals surface area contributed by atoms with E-state index in [2.05, 4.69) is 22.0 Å². The summed E-state index contributed by atoms with van der Waals surface area (Å²) in [5.74, 6) is -0.443. The van der Waals surface area contributed by atoms with Crippen molar-refractivity contribution in [1.82, 2.24) is 0 Å². The molecule has 1 aliphatic heterocycles. The van der Waals surface area contributed by atoms with Crippen LogP contribution in [0, 0.1) is 36.4 Å². The topological polar surface area (TPSA) is 79.3 Å². The lowest BCUT2D eigenvalue weighted by Gasteiger charge is -2.44. The smallest absolute Gasteiger partial charge is 0.162 e. The van der Waals surface area contributed by atoms with E-state index in [-0.39, 0.29) is 28.3 Å². The molecule has 41 heavy (non-hydrogen) atoms. The Labute approximate surface area is 253 Å². The molecule has 1 atom stereocenters. The third-order valence-corrected chi connectivity index (χ3v) is 8.50. The van der Waals surface area contributed by atoms with Crippen molar-refractivity contribution in [2.24, 2.45) is 11.1 Å². The van der Waals surface area contributed by atoms with E-state index in [0.29, 0.717) is 46.0 Å². The number of aryl methyl sites for hydroxylation is 1. The van der Waals surface area contributed by atoms with Crippen molar-refractivity contribution >= 4 is 39.0 Å². The zero-order valence-electron chi connectivity index (χ0n) is 23.3. The quantitative estimate of drug-likeness (QED) is 0.305. The third-order valence-electron chi connectivity index (χ3n) is 7.75. The third kappa shape index (κ3) is 5.51. The average Bonchev–Trinajstić information content (AvgIpc) is 2.89. The van der Waals surface area contributed by atoms with E-state index in [9.17, 15) is 10.1 Å². The fourth-order valence-electron chi connectivity index (χ4n) is 5.86. The van der Waals surface area contributed by atoms with Gasteiger partial charge in [0.1, 0.15) is 24.0 Å². The second-order valence-electron chi connectivity index (χ2n) is 11.5. The molecule has 0 saturated heterocycles. The number of rotatable bonds is 5. The Hall–Kier alpha value is -3.60. The van der Waals surface area contributed by atoms with Crippen molar-refractivity contribution in [2.45, 2.75) is 53.1 Å². The van der Waals surface area contributed by atoms with Gasteiger partial charge in [-0.25, -0.2) is 4.39 Å². The minimum absolute atomic E-state index is 0.0658. The summed E-state index contributed by atoms with van der Waals surface area (Å²) < 4.78 is 22.0. The molecule has 2 N–H and O–H groups in total. The summed E-state index contributed by atoms with van der Waals surface area (Å²) in [6.07, 6.45) is 0.811. The van der Waals surface area contributed by atoms with Crippen LogP contribution in [-0.4, -0.2) is 5.78 Å². The lowest BCUT2D eigenvalue weighted by molar-refractivity contribution is -0.118. The van der Waals surface area contributed by atoms with Crippen LogP contribution in [0.2, 0.25) is 5.02 Å². The van der Waals surface area contributed by atoms with E-state index in [1.54, 1.807) is 29.2 Å². The Morgan fingerprint density at radius 1 is 1.15 bits per heavy atom. The molecule has 0 saturated carbocycles. The molecule has 0 amide bonds. The second-order valence-corrected chi connectivity index (χ2v) is 12.8. The normalized spacial score (nSPS) is 18.3. The molecule has 1 heterocycles. The summed E-state index contributed by atoms with van der Waals surface area (Å²) in [6.45, 7) is 8.27. The number of benzene rings is 3. The Balaban J connectivity index is 1.68. The molecule has 8 heteroatoms. The van der Waals surface area contributed by atoms with Gasteiger partial charge in [0.05, 0.1) is 23.2 Å². The van der Waals surface area contributed by atoms with Gasteiger partial charge < -0.3 is 10.5 Å². The summed E-state index contributed by atoms with van der Waals surface area (Å²) in [6, 6.07) is 18.2. The second kappa shape index (κ2) is 11.0. The zero-order valence-corrected chi connectivity index (χ0v) is 25.7. The average molecular weight is 635 g/mol. The van der Waals surface area contributed by atoms with Crippen LogP contribution in [0.3, 0.4) is 0 Å². The monoisotopic (exact) mass is 633 g/mol. The Bertz CT molecular complexity index is 1670. The maximum atomic E-state index is 15.4. The molecule has 0 aromatic heterocycles. The van der Waals surface area contributed by atoms with Crippen molar-refractivity contribution < 1.29 is 13.9 Å². The van der Waals surface area contributed by atoms with Gasteiger partial charge in [0.25, 0.3) is 0 Å². The van der Waals surface area contributed by atoms with Gasteiger partial charge in [-0.1, -0.05) is 59.1 Å². The Morgan fingerprint density at radius 2 is 1.85 bits per heavy atom. The van der Waals surface area contributed by atoms with Crippen LogP contribution in [0.25, 0.3) is 0 Å². The molecule has 0 spiro atoms. The highest BCUT2D eigenvalue weighted by Crippen LogP contribution is 2.51. The van der Waals surface area contributed by atoms with Gasteiger partial charge >= 0.3 is 0 Å². The van der Waals surface area contributed by atoms with Gasteiger partial charge in [0.2, 0.25) is 0 Å². The van der Waals surface area contributed by atoms with Crippen molar-refractivity contribution in [3.63, 3.8) is 0 Å². The summed E-state index contributed by atoms with van der Waals surface area (Å²) >= 11 is 9.33. The van der Waals surface area contributed by atoms with Crippen molar-refractivity contribution in [3.05, 3.63) is 115 Å². The molecule has 5 rings (SSSR count). The van der Waals surface area contributed by atoms with Gasteiger partial charge in [-0.2, -0.15) is 5.26 Å². The molecular weight excluding hydrogens is 605 g/mol. The highest BCUT2D eigenvalue weighted by molar-refractivity contribution is 9.10. The number of hydrogen-bond donors (Lipinski definition) is 1. The lowest BCUT2D eigenvalue weighted by atomic mass is 9.68. The summed E-state index contributed by atoms with van der Waals surface area (Å²) in [5, 5.41) is 11.1. The highest BCUT2D eigenvalue weighted by Gasteiger charge is 2.45. The molecule has 3 aromatic rings. The first-order chi connectivity index (χ1) is 19.4. The van der Waals surface area contributed by atoms with Crippen molar-refractivity contribution in [3.8, 4) is 11.8 Å². The predicted octanol–water partition coefficient (Wildman–Crippen LogP) is 8.38. The molecule has 0 fully saturated rings. The van der Waals surface area contributed by atoms with Crippen LogP contribution in [0.5, 0.6) is 5.75 Å². The van der Waals surface area contributed by atoms with E-state index in [1.807, 2.05) is 52.0 Å². The van der Waals surface area contributed by atoms with Crippen molar-refractivity contribution in [2.75, 3.05) is 4.90 Å². The number of allylic oxidation sites excluding steroid dienone is 3. The van der Waals surface area contributed by atoms with E-state index < -0.39 is 11.7 Å².